The van der Waals surface area contributed by atoms with Crippen molar-refractivity contribution in [1.29, 1.82) is 0 Å². The van der Waals surface area contributed by atoms with Crippen LogP contribution < -0.4 is 5.32 Å². The number of nitrogens with one attached hydrogen (secondary N) is 1. The van der Waals surface area contributed by atoms with Gasteiger partial charge in [-0.1, -0.05) is 12.1 Å². The summed E-state index contributed by atoms with van der Waals surface area (Å²) in [6.45, 7) is 2.13. The summed E-state index contributed by atoms with van der Waals surface area (Å²) in [6.07, 6.45) is 0. The van der Waals surface area contributed by atoms with Gasteiger partial charge in [0.2, 0.25) is 0 Å². The lowest BCUT2D eigenvalue weighted by atomic mass is 10.2. The summed E-state index contributed by atoms with van der Waals surface area (Å²) in [5.41, 5.74) is -2.12. The predicted molar refractivity (Wildman–Crippen MR) is 76.8 cm³/mol. The van der Waals surface area contributed by atoms with Crippen LogP contribution in [0.4, 0.5) is 23.2 Å². The molecule has 0 atom stereocenters. The van der Waals surface area contributed by atoms with E-state index in [-0.39, 0.29) is 22.5 Å². The minimum absolute atomic E-state index is 0.135. The molecule has 0 spiro atoms. The van der Waals surface area contributed by atoms with Gasteiger partial charge in [-0.3, -0.25) is 0 Å². The molecule has 1 N–H and O–H groups in total. The SMILES string of the molecule is Cc1cc(NCc2ccc(SC(F)(F)F)cc2)ccc1F. The number of halogens is 4. The molecule has 0 heterocycles. The molecule has 0 radical (unpaired) electrons. The van der Waals surface area contributed by atoms with Crippen LogP contribution in [0.5, 0.6) is 0 Å². The lowest BCUT2D eigenvalue weighted by Gasteiger charge is -2.09. The van der Waals surface area contributed by atoms with Gasteiger partial charge in [-0.05, 0) is 60.1 Å². The number of hydrogen-bond donors (Lipinski definition) is 1. The molecule has 0 aliphatic carbocycles. The zero-order valence-corrected chi connectivity index (χ0v) is 12.0. The molecule has 2 aromatic rings. The topological polar surface area (TPSA) is 12.0 Å². The fraction of sp³-hybridized carbons (Fsp3) is 0.200. The van der Waals surface area contributed by atoms with Crippen molar-refractivity contribution in [3.8, 4) is 0 Å². The van der Waals surface area contributed by atoms with E-state index in [9.17, 15) is 17.6 Å². The van der Waals surface area contributed by atoms with Crippen LogP contribution in [0.2, 0.25) is 0 Å². The Labute approximate surface area is 124 Å². The molecule has 0 fully saturated rings. The van der Waals surface area contributed by atoms with Crippen LogP contribution in [0.3, 0.4) is 0 Å². The van der Waals surface area contributed by atoms with Crippen molar-refractivity contribution in [3.63, 3.8) is 0 Å². The summed E-state index contributed by atoms with van der Waals surface area (Å²) < 4.78 is 49.7. The number of anilines is 1. The minimum atomic E-state index is -4.27. The van der Waals surface area contributed by atoms with Crippen molar-refractivity contribution < 1.29 is 17.6 Å². The van der Waals surface area contributed by atoms with Gasteiger partial charge in [0.15, 0.2) is 0 Å². The standard InChI is InChI=1S/C15H13F4NS/c1-10-8-12(4-7-14(10)16)20-9-11-2-5-13(6-3-11)21-15(17,18)19/h2-8,20H,9H2,1H3. The smallest absolute Gasteiger partial charge is 0.381 e. The predicted octanol–water partition coefficient (Wildman–Crippen LogP) is 5.36. The number of benzene rings is 2. The van der Waals surface area contributed by atoms with Gasteiger partial charge in [-0.2, -0.15) is 13.2 Å². The van der Waals surface area contributed by atoms with Crippen LogP contribution in [0, 0.1) is 12.7 Å². The molecule has 21 heavy (non-hydrogen) atoms. The molecule has 0 aliphatic rings. The second-order valence-electron chi connectivity index (χ2n) is 4.51. The Morgan fingerprint density at radius 1 is 1.05 bits per heavy atom. The highest BCUT2D eigenvalue weighted by Crippen LogP contribution is 2.36. The Kier molecular flexibility index (Phi) is 4.77. The van der Waals surface area contributed by atoms with Gasteiger partial charge in [0.1, 0.15) is 5.82 Å². The van der Waals surface area contributed by atoms with Crippen molar-refractivity contribution >= 4 is 17.4 Å². The summed E-state index contributed by atoms with van der Waals surface area (Å²) in [7, 11) is 0. The largest absolute Gasteiger partial charge is 0.446 e. The molecule has 0 amide bonds. The third-order valence-corrected chi connectivity index (χ3v) is 3.55. The number of alkyl halides is 3. The van der Waals surface area contributed by atoms with Gasteiger partial charge < -0.3 is 5.32 Å². The molecule has 1 nitrogen and oxygen atoms in total. The average Bonchev–Trinajstić information content (AvgIpc) is 2.40. The Morgan fingerprint density at radius 2 is 1.71 bits per heavy atom. The molecule has 0 saturated heterocycles. The minimum Gasteiger partial charge on any atom is -0.381 e. The van der Waals surface area contributed by atoms with Crippen LogP contribution in [-0.4, -0.2) is 5.51 Å². The first-order chi connectivity index (χ1) is 9.83. The Morgan fingerprint density at radius 3 is 2.29 bits per heavy atom. The fourth-order valence-electron chi connectivity index (χ4n) is 1.77. The molecular weight excluding hydrogens is 302 g/mol. The summed E-state index contributed by atoms with van der Waals surface area (Å²) >= 11 is -0.135. The average molecular weight is 315 g/mol. The van der Waals surface area contributed by atoms with Crippen LogP contribution in [0.25, 0.3) is 0 Å². The first kappa shape index (κ1) is 15.7. The van der Waals surface area contributed by atoms with Gasteiger partial charge in [0, 0.05) is 17.1 Å². The van der Waals surface area contributed by atoms with E-state index in [4.69, 9.17) is 0 Å². The molecule has 6 heteroatoms. The quantitative estimate of drug-likeness (QED) is 0.602. The molecule has 0 aromatic heterocycles. The van der Waals surface area contributed by atoms with E-state index in [1.807, 2.05) is 0 Å². The van der Waals surface area contributed by atoms with Crippen molar-refractivity contribution in [3.05, 3.63) is 59.4 Å². The van der Waals surface area contributed by atoms with Gasteiger partial charge in [0.05, 0.1) is 0 Å². The maximum Gasteiger partial charge on any atom is 0.446 e. The van der Waals surface area contributed by atoms with Crippen LogP contribution in [-0.2, 0) is 6.54 Å². The van der Waals surface area contributed by atoms with Crippen molar-refractivity contribution in [2.45, 2.75) is 23.9 Å². The molecule has 0 bridgehead atoms. The first-order valence-corrected chi connectivity index (χ1v) is 7.00. The van der Waals surface area contributed by atoms with E-state index in [1.54, 1.807) is 31.2 Å². The van der Waals surface area contributed by atoms with E-state index < -0.39 is 5.51 Å². The second-order valence-corrected chi connectivity index (χ2v) is 5.65. The number of thioether (sulfide) groups is 1. The van der Waals surface area contributed by atoms with Gasteiger partial charge in [-0.25, -0.2) is 4.39 Å². The van der Waals surface area contributed by atoms with Gasteiger partial charge in [0.25, 0.3) is 0 Å². The molecule has 0 unspecified atom stereocenters. The summed E-state index contributed by atoms with van der Waals surface area (Å²) in [6, 6.07) is 10.8. The second kappa shape index (κ2) is 6.39. The highest BCUT2D eigenvalue weighted by molar-refractivity contribution is 8.00. The maximum absolute atomic E-state index is 13.1. The first-order valence-electron chi connectivity index (χ1n) is 6.18. The normalized spacial score (nSPS) is 11.5. The lowest BCUT2D eigenvalue weighted by molar-refractivity contribution is -0.0328. The Hall–Kier alpha value is -1.69. The Balaban J connectivity index is 1.96. The number of rotatable bonds is 4. The van der Waals surface area contributed by atoms with E-state index >= 15 is 0 Å². The third-order valence-electron chi connectivity index (χ3n) is 2.81. The van der Waals surface area contributed by atoms with Crippen molar-refractivity contribution in [1.82, 2.24) is 0 Å². The van der Waals surface area contributed by atoms with Crippen molar-refractivity contribution in [2.24, 2.45) is 0 Å². The summed E-state index contributed by atoms with van der Waals surface area (Å²) in [5, 5.41) is 3.10. The number of aryl methyl sites for hydroxylation is 1. The fourth-order valence-corrected chi connectivity index (χ4v) is 2.31. The van der Waals surface area contributed by atoms with E-state index in [1.165, 1.54) is 18.2 Å². The van der Waals surface area contributed by atoms with E-state index in [0.29, 0.717) is 12.1 Å². The molecule has 0 saturated carbocycles. The van der Waals surface area contributed by atoms with Crippen LogP contribution >= 0.6 is 11.8 Å². The summed E-state index contributed by atoms with van der Waals surface area (Å²) in [5.74, 6) is -0.269. The molecular formula is C15H13F4NS. The third kappa shape index (κ3) is 4.97. The lowest BCUT2D eigenvalue weighted by Crippen LogP contribution is -2.01. The van der Waals surface area contributed by atoms with E-state index in [0.717, 1.165) is 11.3 Å². The molecule has 112 valence electrons. The molecule has 2 rings (SSSR count). The van der Waals surface area contributed by atoms with Crippen LogP contribution in [0.1, 0.15) is 11.1 Å². The zero-order valence-electron chi connectivity index (χ0n) is 11.2. The van der Waals surface area contributed by atoms with Gasteiger partial charge in [-0.15, -0.1) is 0 Å². The Bertz CT molecular complexity index is 608. The molecule has 2 aromatic carbocycles. The zero-order chi connectivity index (χ0) is 15.5. The highest BCUT2D eigenvalue weighted by atomic mass is 32.2. The van der Waals surface area contributed by atoms with Gasteiger partial charge >= 0.3 is 5.51 Å². The maximum atomic E-state index is 13.1. The van der Waals surface area contributed by atoms with E-state index in [2.05, 4.69) is 5.32 Å². The van der Waals surface area contributed by atoms with Crippen LogP contribution in [0.15, 0.2) is 47.4 Å². The monoisotopic (exact) mass is 315 g/mol. The highest BCUT2D eigenvalue weighted by Gasteiger charge is 2.28. The summed E-state index contributed by atoms with van der Waals surface area (Å²) in [4.78, 5) is 0.156. The van der Waals surface area contributed by atoms with Crippen molar-refractivity contribution in [2.75, 3.05) is 5.32 Å². The molecule has 0 aliphatic heterocycles. The number of hydrogen-bond acceptors (Lipinski definition) is 2.